The smallest absolute Gasteiger partial charge is 0.325 e. The topological polar surface area (TPSA) is 83.5 Å². The molecule has 2 aromatic carbocycles. The van der Waals surface area contributed by atoms with Crippen LogP contribution in [0.3, 0.4) is 0 Å². The number of carbonyl (C=O) groups excluding carboxylic acids is 2. The van der Waals surface area contributed by atoms with Gasteiger partial charge < -0.3 is 28.6 Å². The Hall–Kier alpha value is -3.42. The van der Waals surface area contributed by atoms with Crippen molar-refractivity contribution in [3.8, 4) is 23.0 Å². The fourth-order valence-corrected chi connectivity index (χ4v) is 2.71. The van der Waals surface area contributed by atoms with Crippen LogP contribution >= 0.6 is 0 Å². The largest absolute Gasteiger partial charge is 0.497 e. The fraction of sp³-hybridized carbons (Fsp3) is 0.364. The highest BCUT2D eigenvalue weighted by molar-refractivity contribution is 5.83. The van der Waals surface area contributed by atoms with E-state index in [0.717, 1.165) is 5.56 Å². The van der Waals surface area contributed by atoms with Gasteiger partial charge in [-0.1, -0.05) is 12.1 Å². The number of ether oxygens (including phenoxy) is 5. The van der Waals surface area contributed by atoms with Gasteiger partial charge in [0.2, 0.25) is 0 Å². The van der Waals surface area contributed by atoms with E-state index in [4.69, 9.17) is 23.7 Å². The third-order valence-corrected chi connectivity index (χ3v) is 4.19. The maximum atomic E-state index is 12.8. The van der Waals surface area contributed by atoms with Crippen molar-refractivity contribution < 1.29 is 33.3 Å². The number of hydrogen-bond acceptors (Lipinski definition) is 7. The molecule has 0 aromatic heterocycles. The molecule has 30 heavy (non-hydrogen) atoms. The first-order chi connectivity index (χ1) is 14.5. The third-order valence-electron chi connectivity index (χ3n) is 4.19. The summed E-state index contributed by atoms with van der Waals surface area (Å²) in [5.41, 5.74) is 0.734. The highest BCUT2D eigenvalue weighted by atomic mass is 16.5. The summed E-state index contributed by atoms with van der Waals surface area (Å²) in [6, 6.07) is 12.4. The van der Waals surface area contributed by atoms with Crippen LogP contribution in [0.2, 0.25) is 0 Å². The lowest BCUT2D eigenvalue weighted by Crippen LogP contribution is -2.38. The number of amides is 1. The zero-order valence-electron chi connectivity index (χ0n) is 17.7. The van der Waals surface area contributed by atoms with Crippen molar-refractivity contribution in [2.45, 2.75) is 13.5 Å². The van der Waals surface area contributed by atoms with Crippen molar-refractivity contribution in [2.24, 2.45) is 0 Å². The first-order valence-corrected chi connectivity index (χ1v) is 9.41. The molecule has 2 rings (SSSR count). The Balaban J connectivity index is 2.16. The zero-order valence-corrected chi connectivity index (χ0v) is 17.7. The molecule has 8 heteroatoms. The first-order valence-electron chi connectivity index (χ1n) is 9.41. The molecule has 0 radical (unpaired) electrons. The highest BCUT2D eigenvalue weighted by Gasteiger charge is 2.20. The zero-order chi connectivity index (χ0) is 21.9. The Bertz CT molecular complexity index is 831. The van der Waals surface area contributed by atoms with Gasteiger partial charge in [-0.2, -0.15) is 0 Å². The molecule has 162 valence electrons. The SMILES string of the molecule is CCOc1ccccc1OCC(=O)N(CC(=O)OC)Cc1cc(OC)cc(OC)c1. The van der Waals surface area contributed by atoms with Gasteiger partial charge in [0.05, 0.1) is 27.9 Å². The summed E-state index contributed by atoms with van der Waals surface area (Å²) in [6.45, 7) is 2.01. The van der Waals surface area contributed by atoms with E-state index in [-0.39, 0.29) is 25.6 Å². The normalized spacial score (nSPS) is 10.1. The molecule has 8 nitrogen and oxygen atoms in total. The van der Waals surface area contributed by atoms with Crippen molar-refractivity contribution in [1.82, 2.24) is 4.90 Å². The lowest BCUT2D eigenvalue weighted by atomic mass is 10.2. The average Bonchev–Trinajstić information content (AvgIpc) is 2.77. The summed E-state index contributed by atoms with van der Waals surface area (Å²) in [4.78, 5) is 26.0. The van der Waals surface area contributed by atoms with E-state index in [1.807, 2.05) is 13.0 Å². The number of methoxy groups -OCH3 is 3. The summed E-state index contributed by atoms with van der Waals surface area (Å²) < 4.78 is 26.4. The van der Waals surface area contributed by atoms with Crippen LogP contribution in [0.1, 0.15) is 12.5 Å². The number of hydrogen-bond donors (Lipinski definition) is 0. The minimum Gasteiger partial charge on any atom is -0.497 e. The summed E-state index contributed by atoms with van der Waals surface area (Å²) in [6.07, 6.45) is 0. The molecule has 0 fully saturated rings. The molecule has 0 N–H and O–H groups in total. The second-order valence-corrected chi connectivity index (χ2v) is 6.22. The predicted octanol–water partition coefficient (Wildman–Crippen LogP) is 2.68. The minimum absolute atomic E-state index is 0.151. The average molecular weight is 417 g/mol. The van der Waals surface area contributed by atoms with E-state index in [1.54, 1.807) is 50.6 Å². The van der Waals surface area contributed by atoms with Crippen LogP contribution < -0.4 is 18.9 Å². The van der Waals surface area contributed by atoms with Gasteiger partial charge in [-0.05, 0) is 36.8 Å². The summed E-state index contributed by atoms with van der Waals surface area (Å²) >= 11 is 0. The van der Waals surface area contributed by atoms with Gasteiger partial charge in [-0.3, -0.25) is 9.59 Å². The van der Waals surface area contributed by atoms with Crippen LogP contribution in [0.15, 0.2) is 42.5 Å². The number of benzene rings is 2. The second kappa shape index (κ2) is 11.5. The molecule has 0 saturated heterocycles. The number of rotatable bonds is 11. The Morgan fingerprint density at radius 3 is 2.03 bits per heavy atom. The van der Waals surface area contributed by atoms with E-state index < -0.39 is 5.97 Å². The van der Waals surface area contributed by atoms with E-state index in [0.29, 0.717) is 29.6 Å². The third kappa shape index (κ3) is 6.58. The van der Waals surface area contributed by atoms with Gasteiger partial charge in [0.25, 0.3) is 5.91 Å². The molecule has 0 aliphatic rings. The van der Waals surface area contributed by atoms with Crippen molar-refractivity contribution in [1.29, 1.82) is 0 Å². The van der Waals surface area contributed by atoms with Crippen molar-refractivity contribution in [3.05, 3.63) is 48.0 Å². The molecule has 0 heterocycles. The lowest BCUT2D eigenvalue weighted by Gasteiger charge is -2.22. The van der Waals surface area contributed by atoms with Crippen molar-refractivity contribution in [3.63, 3.8) is 0 Å². The van der Waals surface area contributed by atoms with Gasteiger partial charge in [-0.15, -0.1) is 0 Å². The molecule has 0 spiro atoms. The number of nitrogens with zero attached hydrogens (tertiary/aromatic N) is 1. The second-order valence-electron chi connectivity index (χ2n) is 6.22. The van der Waals surface area contributed by atoms with Crippen LogP contribution in [0, 0.1) is 0 Å². The van der Waals surface area contributed by atoms with E-state index in [2.05, 4.69) is 0 Å². The van der Waals surface area contributed by atoms with Crippen LogP contribution in [-0.4, -0.2) is 57.9 Å². The fourth-order valence-electron chi connectivity index (χ4n) is 2.71. The minimum atomic E-state index is -0.534. The monoisotopic (exact) mass is 417 g/mol. The number of esters is 1. The summed E-state index contributed by atoms with van der Waals surface area (Å²) in [7, 11) is 4.35. The quantitative estimate of drug-likeness (QED) is 0.520. The molecule has 0 bridgehead atoms. The van der Waals surface area contributed by atoms with Gasteiger partial charge in [0, 0.05) is 12.6 Å². The lowest BCUT2D eigenvalue weighted by molar-refractivity contribution is -0.148. The molecule has 0 aliphatic carbocycles. The molecular formula is C22H27NO7. The van der Waals surface area contributed by atoms with Crippen molar-refractivity contribution in [2.75, 3.05) is 41.1 Å². The van der Waals surface area contributed by atoms with Gasteiger partial charge in [0.15, 0.2) is 18.1 Å². The molecule has 0 saturated carbocycles. The van der Waals surface area contributed by atoms with Gasteiger partial charge in [0.1, 0.15) is 18.0 Å². The van der Waals surface area contributed by atoms with Gasteiger partial charge in [-0.25, -0.2) is 0 Å². The Morgan fingerprint density at radius 2 is 1.50 bits per heavy atom. The molecule has 0 unspecified atom stereocenters. The maximum Gasteiger partial charge on any atom is 0.325 e. The maximum absolute atomic E-state index is 12.8. The van der Waals surface area contributed by atoms with Crippen LogP contribution in [0.25, 0.3) is 0 Å². The van der Waals surface area contributed by atoms with E-state index in [1.165, 1.54) is 12.0 Å². The highest BCUT2D eigenvalue weighted by Crippen LogP contribution is 2.27. The van der Waals surface area contributed by atoms with Crippen LogP contribution in [0.4, 0.5) is 0 Å². The van der Waals surface area contributed by atoms with E-state index >= 15 is 0 Å². The molecule has 0 atom stereocenters. The van der Waals surface area contributed by atoms with Crippen molar-refractivity contribution >= 4 is 11.9 Å². The van der Waals surface area contributed by atoms with Crippen LogP contribution in [0.5, 0.6) is 23.0 Å². The number of carbonyl (C=O) groups is 2. The van der Waals surface area contributed by atoms with Gasteiger partial charge >= 0.3 is 5.97 Å². The van der Waals surface area contributed by atoms with E-state index in [9.17, 15) is 9.59 Å². The Labute approximate surface area is 176 Å². The number of para-hydroxylation sites is 2. The molecule has 2 aromatic rings. The molecular weight excluding hydrogens is 390 g/mol. The predicted molar refractivity (Wildman–Crippen MR) is 110 cm³/mol. The first kappa shape index (κ1) is 22.9. The molecule has 1 amide bonds. The standard InChI is InChI=1S/C22H27NO7/c1-5-29-19-8-6-7-9-20(19)30-15-21(24)23(14-22(25)28-4)13-16-10-17(26-2)12-18(11-16)27-3/h6-12H,5,13-15H2,1-4H3. The Kier molecular flexibility index (Phi) is 8.80. The summed E-state index contributed by atoms with van der Waals surface area (Å²) in [5, 5.41) is 0. The summed E-state index contributed by atoms with van der Waals surface area (Å²) in [5.74, 6) is 1.24. The van der Waals surface area contributed by atoms with Crippen LogP contribution in [-0.2, 0) is 20.9 Å². The Morgan fingerprint density at radius 1 is 0.900 bits per heavy atom. The molecule has 0 aliphatic heterocycles.